The highest BCUT2D eigenvalue weighted by Crippen LogP contribution is 2.06. The molecule has 4 nitrogen and oxygen atoms in total. The number of nitrogens with zero attached hydrogens (tertiary/aromatic N) is 1. The van der Waals surface area contributed by atoms with E-state index in [1.807, 2.05) is 18.2 Å². The molecule has 0 aliphatic carbocycles. The Kier molecular flexibility index (Phi) is 6.02. The number of hydrogen-bond acceptors (Lipinski definition) is 3. The molecule has 0 radical (unpaired) electrons. The molecule has 2 rings (SSSR count). The zero-order valence-corrected chi connectivity index (χ0v) is 12.2. The molecule has 1 aromatic carbocycles. The van der Waals surface area contributed by atoms with Crippen molar-refractivity contribution < 1.29 is 9.53 Å². The number of rotatable bonds is 6. The van der Waals surface area contributed by atoms with Crippen molar-refractivity contribution in [1.29, 1.82) is 0 Å². The van der Waals surface area contributed by atoms with Crippen LogP contribution < -0.4 is 5.32 Å². The van der Waals surface area contributed by atoms with Gasteiger partial charge < -0.3 is 15.0 Å². The van der Waals surface area contributed by atoms with Gasteiger partial charge in [0.15, 0.2) is 0 Å². The van der Waals surface area contributed by atoms with Crippen LogP contribution in [-0.4, -0.2) is 50.2 Å². The van der Waals surface area contributed by atoms with E-state index in [0.29, 0.717) is 13.0 Å². The van der Waals surface area contributed by atoms with Crippen LogP contribution in [0.1, 0.15) is 18.4 Å². The summed E-state index contributed by atoms with van der Waals surface area (Å²) in [5, 5.41) is 2.98. The van der Waals surface area contributed by atoms with Gasteiger partial charge in [0.05, 0.1) is 12.7 Å². The zero-order chi connectivity index (χ0) is 14.2. The molecule has 1 amide bonds. The van der Waals surface area contributed by atoms with Gasteiger partial charge in [0.25, 0.3) is 0 Å². The van der Waals surface area contributed by atoms with Crippen molar-refractivity contribution in [2.24, 2.45) is 0 Å². The van der Waals surface area contributed by atoms with E-state index in [2.05, 4.69) is 29.4 Å². The minimum atomic E-state index is 0.123. The highest BCUT2D eigenvalue weighted by Gasteiger charge is 2.17. The topological polar surface area (TPSA) is 41.6 Å². The minimum absolute atomic E-state index is 0.123. The van der Waals surface area contributed by atoms with Crippen LogP contribution in [0.5, 0.6) is 0 Å². The summed E-state index contributed by atoms with van der Waals surface area (Å²) >= 11 is 0. The molecule has 1 N–H and O–H groups in total. The van der Waals surface area contributed by atoms with Gasteiger partial charge in [0.2, 0.25) is 5.91 Å². The zero-order valence-electron chi connectivity index (χ0n) is 12.2. The van der Waals surface area contributed by atoms with Gasteiger partial charge in [-0.3, -0.25) is 4.79 Å². The monoisotopic (exact) mass is 276 g/mol. The van der Waals surface area contributed by atoms with Gasteiger partial charge in [0.1, 0.15) is 0 Å². The fraction of sp³-hybridized carbons (Fsp3) is 0.562. The number of benzene rings is 1. The molecule has 1 saturated heterocycles. The van der Waals surface area contributed by atoms with Crippen LogP contribution >= 0.6 is 0 Å². The van der Waals surface area contributed by atoms with Crippen molar-refractivity contribution in [1.82, 2.24) is 10.2 Å². The van der Waals surface area contributed by atoms with E-state index < -0.39 is 0 Å². The molecule has 1 aliphatic rings. The molecule has 4 heteroatoms. The molecular formula is C16H24N2O2. The number of ether oxygens (including phenoxy) is 1. The average molecular weight is 276 g/mol. The average Bonchev–Trinajstić information content (AvgIpc) is 2.46. The Morgan fingerprint density at radius 3 is 2.95 bits per heavy atom. The van der Waals surface area contributed by atoms with Gasteiger partial charge in [-0.1, -0.05) is 30.3 Å². The molecule has 0 bridgehead atoms. The Morgan fingerprint density at radius 1 is 1.40 bits per heavy atom. The van der Waals surface area contributed by atoms with Crippen LogP contribution in [0.25, 0.3) is 0 Å². The van der Waals surface area contributed by atoms with E-state index in [-0.39, 0.29) is 12.0 Å². The maximum absolute atomic E-state index is 11.8. The van der Waals surface area contributed by atoms with Crippen LogP contribution in [0.3, 0.4) is 0 Å². The molecule has 1 aliphatic heterocycles. The van der Waals surface area contributed by atoms with E-state index in [1.54, 1.807) is 0 Å². The first-order valence-corrected chi connectivity index (χ1v) is 7.35. The van der Waals surface area contributed by atoms with Gasteiger partial charge in [-0.2, -0.15) is 0 Å². The molecule has 1 heterocycles. The summed E-state index contributed by atoms with van der Waals surface area (Å²) in [5.74, 6) is 0.123. The van der Waals surface area contributed by atoms with Crippen LogP contribution in [0.4, 0.5) is 0 Å². The van der Waals surface area contributed by atoms with E-state index in [1.165, 1.54) is 5.56 Å². The fourth-order valence-corrected chi connectivity index (χ4v) is 2.40. The third-order valence-electron chi connectivity index (χ3n) is 3.61. The first kappa shape index (κ1) is 15.0. The molecule has 0 spiro atoms. The second-order valence-electron chi connectivity index (χ2n) is 5.38. The molecule has 1 aromatic rings. The summed E-state index contributed by atoms with van der Waals surface area (Å²) in [5.41, 5.74) is 1.21. The normalized spacial score (nSPS) is 19.8. The number of amides is 1. The van der Waals surface area contributed by atoms with Crippen molar-refractivity contribution in [2.75, 3.05) is 33.3 Å². The van der Waals surface area contributed by atoms with Crippen molar-refractivity contribution in [2.45, 2.75) is 25.4 Å². The highest BCUT2D eigenvalue weighted by molar-refractivity contribution is 5.76. The second kappa shape index (κ2) is 8.02. The Morgan fingerprint density at radius 2 is 2.20 bits per heavy atom. The van der Waals surface area contributed by atoms with Gasteiger partial charge in [-0.05, 0) is 25.5 Å². The number of hydrogen-bond donors (Lipinski definition) is 1. The fourth-order valence-electron chi connectivity index (χ4n) is 2.40. The highest BCUT2D eigenvalue weighted by atomic mass is 16.5. The van der Waals surface area contributed by atoms with E-state index in [9.17, 15) is 4.79 Å². The molecule has 20 heavy (non-hydrogen) atoms. The van der Waals surface area contributed by atoms with Crippen molar-refractivity contribution in [3.63, 3.8) is 0 Å². The molecule has 1 unspecified atom stereocenters. The molecule has 1 fully saturated rings. The first-order chi connectivity index (χ1) is 9.74. The van der Waals surface area contributed by atoms with Crippen LogP contribution in [0, 0.1) is 0 Å². The summed E-state index contributed by atoms with van der Waals surface area (Å²) in [6.45, 7) is 3.45. The molecule has 0 saturated carbocycles. The molecule has 110 valence electrons. The summed E-state index contributed by atoms with van der Waals surface area (Å²) in [7, 11) is 2.11. The number of nitrogens with one attached hydrogen (secondary N) is 1. The van der Waals surface area contributed by atoms with Crippen molar-refractivity contribution in [3.8, 4) is 0 Å². The molecular weight excluding hydrogens is 252 g/mol. The van der Waals surface area contributed by atoms with Gasteiger partial charge in [-0.15, -0.1) is 0 Å². The maximum atomic E-state index is 11.8. The van der Waals surface area contributed by atoms with E-state index >= 15 is 0 Å². The number of carbonyl (C=O) groups is 1. The lowest BCUT2D eigenvalue weighted by atomic mass is 10.1. The third-order valence-corrected chi connectivity index (χ3v) is 3.61. The second-order valence-corrected chi connectivity index (χ2v) is 5.38. The molecule has 0 aromatic heterocycles. The van der Waals surface area contributed by atoms with Crippen molar-refractivity contribution in [3.05, 3.63) is 35.9 Å². The Labute approximate surface area is 121 Å². The first-order valence-electron chi connectivity index (χ1n) is 7.35. The summed E-state index contributed by atoms with van der Waals surface area (Å²) in [6, 6.07) is 10.1. The Bertz CT molecular complexity index is 408. The lowest BCUT2D eigenvalue weighted by Gasteiger charge is -2.30. The number of aryl methyl sites for hydroxylation is 1. The lowest BCUT2D eigenvalue weighted by Crippen LogP contribution is -2.41. The van der Waals surface area contributed by atoms with E-state index in [0.717, 1.165) is 32.5 Å². The van der Waals surface area contributed by atoms with Gasteiger partial charge >= 0.3 is 0 Å². The molecule has 1 atom stereocenters. The van der Waals surface area contributed by atoms with Gasteiger partial charge in [0, 0.05) is 26.1 Å². The summed E-state index contributed by atoms with van der Waals surface area (Å²) in [6.07, 6.45) is 2.50. The van der Waals surface area contributed by atoms with Crippen LogP contribution in [0.2, 0.25) is 0 Å². The lowest BCUT2D eigenvalue weighted by molar-refractivity contribution is -0.121. The number of likely N-dealkylation sites (N-methyl/N-ethyl adjacent to an activating group) is 1. The van der Waals surface area contributed by atoms with Crippen LogP contribution in [0.15, 0.2) is 30.3 Å². The van der Waals surface area contributed by atoms with E-state index in [4.69, 9.17) is 4.74 Å². The number of carbonyl (C=O) groups excluding carboxylic acids is 1. The standard InChI is InChI=1S/C16H24N2O2/c1-18-11-12-20-15(13-18)9-10-17-16(19)8-7-14-5-3-2-4-6-14/h2-6,15H,7-13H2,1H3,(H,17,19). The van der Waals surface area contributed by atoms with Crippen LogP contribution in [-0.2, 0) is 16.0 Å². The smallest absolute Gasteiger partial charge is 0.220 e. The maximum Gasteiger partial charge on any atom is 0.220 e. The number of morpholine rings is 1. The van der Waals surface area contributed by atoms with Crippen molar-refractivity contribution >= 4 is 5.91 Å². The predicted octanol–water partition coefficient (Wildman–Crippen LogP) is 1.46. The largest absolute Gasteiger partial charge is 0.375 e. The van der Waals surface area contributed by atoms with Gasteiger partial charge in [-0.25, -0.2) is 0 Å². The Hall–Kier alpha value is -1.39. The quantitative estimate of drug-likeness (QED) is 0.855. The SMILES string of the molecule is CN1CCOC(CCNC(=O)CCc2ccccc2)C1. The third kappa shape index (κ3) is 5.31. The summed E-state index contributed by atoms with van der Waals surface area (Å²) < 4.78 is 5.67. The summed E-state index contributed by atoms with van der Waals surface area (Å²) in [4.78, 5) is 14.0. The Balaban J connectivity index is 1.58. The predicted molar refractivity (Wildman–Crippen MR) is 79.6 cm³/mol. The minimum Gasteiger partial charge on any atom is -0.375 e.